The zero-order chi connectivity index (χ0) is 13.0. The first-order chi connectivity index (χ1) is 8.68. The van der Waals surface area contributed by atoms with Crippen molar-refractivity contribution in [1.29, 1.82) is 0 Å². The molecule has 2 N–H and O–H groups in total. The van der Waals surface area contributed by atoms with E-state index in [0.29, 0.717) is 6.54 Å². The van der Waals surface area contributed by atoms with Crippen LogP contribution in [0.25, 0.3) is 0 Å². The van der Waals surface area contributed by atoms with E-state index in [1.54, 1.807) is 18.2 Å². The standard InChI is InChI=1S/C14H17NO3/c16-13(15-9-3-4-10-7-8-10)11-5-1-2-6-12(11)14(17)18/h1-2,5-6,10H,3-4,7-9H2,(H,15,16)(H,17,18). The van der Waals surface area contributed by atoms with Gasteiger partial charge in [0.25, 0.3) is 5.91 Å². The summed E-state index contributed by atoms with van der Waals surface area (Å²) in [5.41, 5.74) is 0.286. The third kappa shape index (κ3) is 3.32. The van der Waals surface area contributed by atoms with E-state index in [0.717, 1.165) is 18.8 Å². The Hall–Kier alpha value is -1.84. The number of carboxylic acid groups (broad SMARTS) is 1. The number of nitrogens with one attached hydrogen (secondary N) is 1. The highest BCUT2D eigenvalue weighted by atomic mass is 16.4. The van der Waals surface area contributed by atoms with Crippen molar-refractivity contribution in [2.75, 3.05) is 6.54 Å². The van der Waals surface area contributed by atoms with Crippen LogP contribution in [0.2, 0.25) is 0 Å². The first-order valence-corrected chi connectivity index (χ1v) is 6.29. The molecule has 18 heavy (non-hydrogen) atoms. The Morgan fingerprint density at radius 3 is 2.50 bits per heavy atom. The molecular formula is C14H17NO3. The Morgan fingerprint density at radius 1 is 1.22 bits per heavy atom. The molecule has 1 aromatic rings. The number of carbonyl (C=O) groups is 2. The first-order valence-electron chi connectivity index (χ1n) is 6.29. The molecule has 4 nitrogen and oxygen atoms in total. The van der Waals surface area contributed by atoms with Crippen molar-refractivity contribution in [3.8, 4) is 0 Å². The highest BCUT2D eigenvalue weighted by Crippen LogP contribution is 2.33. The van der Waals surface area contributed by atoms with Gasteiger partial charge in [0, 0.05) is 6.54 Å². The minimum absolute atomic E-state index is 0.0530. The van der Waals surface area contributed by atoms with E-state index in [1.807, 2.05) is 0 Å². The fraction of sp³-hybridized carbons (Fsp3) is 0.429. The summed E-state index contributed by atoms with van der Waals surface area (Å²) >= 11 is 0. The number of aromatic carboxylic acids is 1. The summed E-state index contributed by atoms with van der Waals surface area (Å²) in [4.78, 5) is 22.8. The lowest BCUT2D eigenvalue weighted by Crippen LogP contribution is -2.26. The van der Waals surface area contributed by atoms with E-state index >= 15 is 0 Å². The molecule has 1 aliphatic carbocycles. The van der Waals surface area contributed by atoms with E-state index in [9.17, 15) is 9.59 Å². The number of benzene rings is 1. The van der Waals surface area contributed by atoms with Gasteiger partial charge in [-0.1, -0.05) is 25.0 Å². The van der Waals surface area contributed by atoms with Crippen LogP contribution in [0.5, 0.6) is 0 Å². The summed E-state index contributed by atoms with van der Waals surface area (Å²) in [6.45, 7) is 0.614. The van der Waals surface area contributed by atoms with E-state index < -0.39 is 5.97 Å². The topological polar surface area (TPSA) is 66.4 Å². The van der Waals surface area contributed by atoms with Gasteiger partial charge in [-0.3, -0.25) is 4.79 Å². The van der Waals surface area contributed by atoms with Crippen LogP contribution in [0.15, 0.2) is 24.3 Å². The summed E-state index contributed by atoms with van der Waals surface area (Å²) in [7, 11) is 0. The number of hydrogen-bond acceptors (Lipinski definition) is 2. The van der Waals surface area contributed by atoms with E-state index in [4.69, 9.17) is 5.11 Å². The van der Waals surface area contributed by atoms with E-state index in [-0.39, 0.29) is 17.0 Å². The molecule has 0 radical (unpaired) electrons. The fourth-order valence-corrected chi connectivity index (χ4v) is 1.96. The van der Waals surface area contributed by atoms with Gasteiger partial charge in [-0.15, -0.1) is 0 Å². The van der Waals surface area contributed by atoms with Crippen LogP contribution in [0.4, 0.5) is 0 Å². The van der Waals surface area contributed by atoms with Crippen LogP contribution in [-0.2, 0) is 0 Å². The second kappa shape index (κ2) is 5.67. The molecule has 1 amide bonds. The van der Waals surface area contributed by atoms with E-state index in [2.05, 4.69) is 5.32 Å². The lowest BCUT2D eigenvalue weighted by Gasteiger charge is -2.07. The molecule has 0 bridgehead atoms. The van der Waals surface area contributed by atoms with Crippen molar-refractivity contribution in [1.82, 2.24) is 5.32 Å². The first kappa shape index (κ1) is 12.6. The Morgan fingerprint density at radius 2 is 1.89 bits per heavy atom. The average Bonchev–Trinajstić information content (AvgIpc) is 3.18. The number of hydrogen-bond donors (Lipinski definition) is 2. The molecule has 1 aromatic carbocycles. The average molecular weight is 247 g/mol. The maximum atomic E-state index is 11.9. The Bertz CT molecular complexity index is 452. The lowest BCUT2D eigenvalue weighted by atomic mass is 10.1. The van der Waals surface area contributed by atoms with Gasteiger partial charge in [-0.2, -0.15) is 0 Å². The maximum absolute atomic E-state index is 11.9. The molecule has 1 fully saturated rings. The van der Waals surface area contributed by atoms with Gasteiger partial charge in [0.2, 0.25) is 0 Å². The molecule has 0 aliphatic heterocycles. The van der Waals surface area contributed by atoms with Crippen LogP contribution < -0.4 is 5.32 Å². The molecule has 96 valence electrons. The molecule has 0 heterocycles. The van der Waals surface area contributed by atoms with Crippen molar-refractivity contribution in [2.45, 2.75) is 25.7 Å². The summed E-state index contributed by atoms with van der Waals surface area (Å²) < 4.78 is 0. The Labute approximate surface area is 106 Å². The molecule has 4 heteroatoms. The fourth-order valence-electron chi connectivity index (χ4n) is 1.96. The molecule has 0 spiro atoms. The third-order valence-electron chi connectivity index (χ3n) is 3.17. The molecule has 0 unspecified atom stereocenters. The second-order valence-electron chi connectivity index (χ2n) is 4.69. The Balaban J connectivity index is 1.88. The molecule has 0 saturated heterocycles. The Kier molecular flexibility index (Phi) is 3.97. The summed E-state index contributed by atoms with van der Waals surface area (Å²) in [5.74, 6) is -0.518. The quantitative estimate of drug-likeness (QED) is 0.758. The number of rotatable bonds is 6. The smallest absolute Gasteiger partial charge is 0.336 e. The zero-order valence-corrected chi connectivity index (χ0v) is 10.2. The molecule has 0 aromatic heterocycles. The summed E-state index contributed by atoms with van der Waals surface area (Å²) in [5, 5.41) is 11.8. The number of carboxylic acids is 1. The van der Waals surface area contributed by atoms with Crippen molar-refractivity contribution < 1.29 is 14.7 Å². The van der Waals surface area contributed by atoms with E-state index in [1.165, 1.54) is 18.9 Å². The minimum Gasteiger partial charge on any atom is -0.478 e. The van der Waals surface area contributed by atoms with Crippen LogP contribution in [0.3, 0.4) is 0 Å². The molecular weight excluding hydrogens is 230 g/mol. The predicted molar refractivity (Wildman–Crippen MR) is 67.7 cm³/mol. The van der Waals surface area contributed by atoms with Crippen molar-refractivity contribution in [3.63, 3.8) is 0 Å². The summed E-state index contributed by atoms with van der Waals surface area (Å²) in [6.07, 6.45) is 4.75. The SMILES string of the molecule is O=C(O)c1ccccc1C(=O)NCCCC1CC1. The van der Waals surface area contributed by atoms with Gasteiger partial charge >= 0.3 is 5.97 Å². The summed E-state index contributed by atoms with van der Waals surface area (Å²) in [6, 6.07) is 6.28. The van der Waals surface area contributed by atoms with Crippen molar-refractivity contribution in [3.05, 3.63) is 35.4 Å². The van der Waals surface area contributed by atoms with Gasteiger partial charge in [0.05, 0.1) is 11.1 Å². The molecule has 0 atom stereocenters. The van der Waals surface area contributed by atoms with Crippen LogP contribution in [-0.4, -0.2) is 23.5 Å². The van der Waals surface area contributed by atoms with Gasteiger partial charge in [-0.05, 0) is 30.9 Å². The molecule has 1 aliphatic rings. The predicted octanol–water partition coefficient (Wildman–Crippen LogP) is 2.30. The maximum Gasteiger partial charge on any atom is 0.336 e. The van der Waals surface area contributed by atoms with Crippen molar-refractivity contribution in [2.24, 2.45) is 5.92 Å². The van der Waals surface area contributed by atoms with Gasteiger partial charge in [0.15, 0.2) is 0 Å². The largest absolute Gasteiger partial charge is 0.478 e. The number of carbonyl (C=O) groups excluding carboxylic acids is 1. The van der Waals surface area contributed by atoms with Crippen LogP contribution in [0, 0.1) is 5.92 Å². The van der Waals surface area contributed by atoms with Gasteiger partial charge < -0.3 is 10.4 Å². The minimum atomic E-state index is -1.07. The highest BCUT2D eigenvalue weighted by molar-refractivity contribution is 6.04. The molecule has 1 saturated carbocycles. The highest BCUT2D eigenvalue weighted by Gasteiger charge is 2.20. The zero-order valence-electron chi connectivity index (χ0n) is 10.2. The number of amides is 1. The van der Waals surface area contributed by atoms with Crippen LogP contribution in [0.1, 0.15) is 46.4 Å². The van der Waals surface area contributed by atoms with Crippen LogP contribution >= 0.6 is 0 Å². The molecule has 2 rings (SSSR count). The second-order valence-corrected chi connectivity index (χ2v) is 4.69. The normalized spacial score (nSPS) is 14.2. The van der Waals surface area contributed by atoms with Crippen molar-refractivity contribution >= 4 is 11.9 Å². The third-order valence-corrected chi connectivity index (χ3v) is 3.17. The van der Waals surface area contributed by atoms with Gasteiger partial charge in [0.1, 0.15) is 0 Å². The monoisotopic (exact) mass is 247 g/mol. The lowest BCUT2D eigenvalue weighted by molar-refractivity contribution is 0.0691. The van der Waals surface area contributed by atoms with Gasteiger partial charge in [-0.25, -0.2) is 4.79 Å².